The minimum absolute atomic E-state index is 0. The van der Waals surface area contributed by atoms with E-state index >= 15 is 0 Å². The lowest BCUT2D eigenvalue weighted by molar-refractivity contribution is -0.825. The van der Waals surface area contributed by atoms with Crippen molar-refractivity contribution in [2.45, 2.75) is 31.7 Å². The molecule has 10 nitrogen and oxygen atoms in total. The average Bonchev–Trinajstić information content (AvgIpc) is 2.49. The predicted molar refractivity (Wildman–Crippen MR) is 88.7 cm³/mol. The smallest absolute Gasteiger partial charge is 0.258 e. The van der Waals surface area contributed by atoms with Crippen molar-refractivity contribution < 1.29 is 25.8 Å². The van der Waals surface area contributed by atoms with Crippen molar-refractivity contribution in [1.82, 2.24) is 5.32 Å². The van der Waals surface area contributed by atoms with Crippen LogP contribution in [0, 0.1) is 5.41 Å². The van der Waals surface area contributed by atoms with Gasteiger partial charge in [-0.15, -0.1) is 0 Å². The Bertz CT molecular complexity index is 593. The number of hydrogen-bond acceptors (Lipinski definition) is 5. The van der Waals surface area contributed by atoms with Crippen LogP contribution in [0.5, 0.6) is 0 Å². The summed E-state index contributed by atoms with van der Waals surface area (Å²) < 4.78 is 0. The molecule has 0 spiro atoms. The number of unbranched alkanes of at least 4 members (excludes halogenated alkanes) is 1. The van der Waals surface area contributed by atoms with Gasteiger partial charge in [-0.1, -0.05) is 6.42 Å². The molecule has 0 heterocycles. The van der Waals surface area contributed by atoms with Gasteiger partial charge in [0.25, 0.3) is 5.91 Å². The average molecular weight is 341 g/mol. The molecule has 24 heavy (non-hydrogen) atoms. The number of nitrogens with two attached hydrogens (primary N) is 4. The number of amidine groups is 1. The third-order valence-electron chi connectivity index (χ3n) is 3.30. The topological polar surface area (TPSA) is 216 Å². The van der Waals surface area contributed by atoms with E-state index in [0.29, 0.717) is 31.4 Å². The molecular formula is C14H25N6O4+. The highest BCUT2D eigenvalue weighted by molar-refractivity contribution is 6.01. The first-order chi connectivity index (χ1) is 10.8. The van der Waals surface area contributed by atoms with Crippen molar-refractivity contribution in [2.24, 2.45) is 11.5 Å². The fourth-order valence-corrected chi connectivity index (χ4v) is 2.07. The fraction of sp³-hybridized carbons (Fsp3) is 0.357. The quantitative estimate of drug-likeness (QED) is 0.0898. The molecule has 0 saturated heterocycles. The minimum atomic E-state index is -0.845. The van der Waals surface area contributed by atoms with Gasteiger partial charge in [0.1, 0.15) is 11.6 Å². The molecule has 1 aromatic carbocycles. The zero-order chi connectivity index (χ0) is 17.4. The largest absolute Gasteiger partial charge is 0.412 e. The summed E-state index contributed by atoms with van der Waals surface area (Å²) in [5, 5.41) is 18.8. The molecule has 1 atom stereocenters. The first kappa shape index (κ1) is 21.3. The molecule has 13 N–H and O–H groups in total. The summed E-state index contributed by atoms with van der Waals surface area (Å²) in [5.41, 5.74) is 17.8. The monoisotopic (exact) mass is 341 g/mol. The maximum absolute atomic E-state index is 12.3. The van der Waals surface area contributed by atoms with Gasteiger partial charge in [-0.2, -0.15) is 5.48 Å². The molecule has 134 valence electrons. The lowest BCUT2D eigenvalue weighted by Gasteiger charge is -2.16. The van der Waals surface area contributed by atoms with Gasteiger partial charge in [-0.25, -0.2) is 5.21 Å². The molecule has 0 fully saturated rings. The van der Waals surface area contributed by atoms with Crippen LogP contribution in [0.1, 0.15) is 36.0 Å². The standard InChI is InChI=1S/C14H22N6O3.H2O/c15-8-5-6-10(20-23)9(7-8)14(22)19-11(13(18)21)3-1-2-4-12(16)17;/h5-7,11,20,23H,1-4,15H2,(H3,16,17)(H2,18,21)(H,19,22);1H2/p+1/t11-;/m0./s1. The van der Waals surface area contributed by atoms with E-state index in [-0.39, 0.29) is 22.6 Å². The number of rotatable bonds is 9. The summed E-state index contributed by atoms with van der Waals surface area (Å²) in [5.74, 6) is -1.12. The first-order valence-electron chi connectivity index (χ1n) is 7.15. The molecule has 2 amide bonds. The molecule has 0 unspecified atom stereocenters. The maximum atomic E-state index is 12.3. The van der Waals surface area contributed by atoms with Gasteiger partial charge in [0.15, 0.2) is 5.69 Å². The van der Waals surface area contributed by atoms with E-state index in [0.717, 1.165) is 5.48 Å². The molecule has 0 bridgehead atoms. The van der Waals surface area contributed by atoms with Crippen molar-refractivity contribution in [3.05, 3.63) is 23.8 Å². The molecule has 10 heteroatoms. The Kier molecular flexibility index (Phi) is 9.02. The van der Waals surface area contributed by atoms with Crippen LogP contribution >= 0.6 is 0 Å². The molecule has 0 aromatic heterocycles. The summed E-state index contributed by atoms with van der Waals surface area (Å²) in [6.45, 7) is 0. The minimum Gasteiger partial charge on any atom is -0.412 e. The number of nitrogens with one attached hydrogen (secondary N) is 2. The summed E-state index contributed by atoms with van der Waals surface area (Å²) in [4.78, 5) is 23.7. The van der Waals surface area contributed by atoms with Gasteiger partial charge in [0, 0.05) is 18.2 Å². The van der Waals surface area contributed by atoms with E-state index in [1.807, 2.05) is 0 Å². The van der Waals surface area contributed by atoms with Crippen LogP contribution in [0.3, 0.4) is 0 Å². The second-order valence-electron chi connectivity index (χ2n) is 5.18. The maximum Gasteiger partial charge on any atom is 0.258 e. The highest BCUT2D eigenvalue weighted by Gasteiger charge is 2.22. The number of primary amides is 1. The van der Waals surface area contributed by atoms with Crippen LogP contribution in [-0.2, 0) is 4.79 Å². The molecule has 0 aliphatic rings. The lowest BCUT2D eigenvalue weighted by atomic mass is 10.1. The second kappa shape index (κ2) is 10.2. The number of carbonyl (C=O) groups is 2. The molecule has 0 radical (unpaired) electrons. The van der Waals surface area contributed by atoms with Crippen molar-refractivity contribution in [3.63, 3.8) is 0 Å². The second-order valence-corrected chi connectivity index (χ2v) is 5.18. The molecule has 1 aromatic rings. The molecule has 0 aliphatic heterocycles. The molecular weight excluding hydrogens is 316 g/mol. The van der Waals surface area contributed by atoms with Gasteiger partial charge < -0.3 is 28.0 Å². The summed E-state index contributed by atoms with van der Waals surface area (Å²) in [7, 11) is 0. The Morgan fingerprint density at radius 1 is 1.29 bits per heavy atom. The summed E-state index contributed by atoms with van der Waals surface area (Å²) >= 11 is 0. The first-order valence-corrected chi connectivity index (χ1v) is 7.15. The van der Waals surface area contributed by atoms with Crippen LogP contribution in [0.4, 0.5) is 11.4 Å². The van der Waals surface area contributed by atoms with Crippen LogP contribution in [0.25, 0.3) is 0 Å². The number of benzene rings is 1. The van der Waals surface area contributed by atoms with E-state index in [2.05, 4.69) is 5.32 Å². The molecule has 0 saturated carbocycles. The zero-order valence-electron chi connectivity index (χ0n) is 13.2. The number of quaternary nitrogens is 1. The van der Waals surface area contributed by atoms with Gasteiger partial charge in [0.05, 0.1) is 5.84 Å². The van der Waals surface area contributed by atoms with Crippen LogP contribution in [0.2, 0.25) is 0 Å². The number of amides is 2. The Labute approximate surface area is 139 Å². The number of carbonyl (C=O) groups excluding carboxylic acids is 2. The van der Waals surface area contributed by atoms with E-state index in [4.69, 9.17) is 27.8 Å². The van der Waals surface area contributed by atoms with Gasteiger partial charge in [0.2, 0.25) is 5.91 Å². The van der Waals surface area contributed by atoms with Crippen molar-refractivity contribution in [1.29, 1.82) is 5.41 Å². The number of hydrogen-bond donors (Lipinski definition) is 7. The zero-order valence-corrected chi connectivity index (χ0v) is 13.2. The fourth-order valence-electron chi connectivity index (χ4n) is 2.07. The van der Waals surface area contributed by atoms with Crippen molar-refractivity contribution in [3.8, 4) is 0 Å². The van der Waals surface area contributed by atoms with E-state index in [9.17, 15) is 9.59 Å². The van der Waals surface area contributed by atoms with Crippen molar-refractivity contribution in [2.75, 3.05) is 5.73 Å². The third kappa shape index (κ3) is 6.60. The van der Waals surface area contributed by atoms with Crippen LogP contribution in [0.15, 0.2) is 18.2 Å². The van der Waals surface area contributed by atoms with Crippen molar-refractivity contribution >= 4 is 29.0 Å². The predicted octanol–water partition coefficient (Wildman–Crippen LogP) is -1.89. The Hall–Kier alpha value is -2.69. The van der Waals surface area contributed by atoms with E-state index in [1.54, 1.807) is 6.07 Å². The van der Waals surface area contributed by atoms with E-state index in [1.165, 1.54) is 12.1 Å². The molecule has 1 rings (SSSR count). The third-order valence-corrected chi connectivity index (χ3v) is 3.30. The normalized spacial score (nSPS) is 11.2. The van der Waals surface area contributed by atoms with Crippen LogP contribution in [-0.4, -0.2) is 34.4 Å². The summed E-state index contributed by atoms with van der Waals surface area (Å²) in [6, 6.07) is 3.61. The summed E-state index contributed by atoms with van der Waals surface area (Å²) in [6.07, 6.45) is 1.99. The Morgan fingerprint density at radius 2 is 1.96 bits per heavy atom. The lowest BCUT2D eigenvalue weighted by Crippen LogP contribution is -2.74. The number of anilines is 1. The number of nitrogen functional groups attached to an aromatic ring is 1. The van der Waals surface area contributed by atoms with Gasteiger partial charge in [-0.05, 0) is 25.0 Å². The highest BCUT2D eigenvalue weighted by Crippen LogP contribution is 2.15. The van der Waals surface area contributed by atoms with Gasteiger partial charge >= 0.3 is 0 Å². The van der Waals surface area contributed by atoms with Crippen LogP contribution < -0.4 is 28.0 Å². The Morgan fingerprint density at radius 3 is 2.50 bits per heavy atom. The Balaban J connectivity index is 0.00000529. The highest BCUT2D eigenvalue weighted by atomic mass is 16.5. The van der Waals surface area contributed by atoms with Gasteiger partial charge in [-0.3, -0.25) is 15.0 Å². The molecule has 0 aliphatic carbocycles. The SMILES string of the molecule is N=C(N)CCCC[C@H](NC(=O)c1cc(N)ccc1[NH2+]O)C(N)=O.O. The van der Waals surface area contributed by atoms with E-state index < -0.39 is 17.9 Å².